The largest absolute Gasteiger partial charge is 0.496 e. The third kappa shape index (κ3) is 3.39. The minimum Gasteiger partial charge on any atom is -0.496 e. The Kier molecular flexibility index (Phi) is 5.03. The Balaban J connectivity index is 2.45. The molecular weight excluding hydrogens is 318 g/mol. The van der Waals surface area contributed by atoms with Crippen molar-refractivity contribution in [1.82, 2.24) is 0 Å². The van der Waals surface area contributed by atoms with Crippen LogP contribution in [0.4, 0.5) is 5.69 Å². The van der Waals surface area contributed by atoms with Gasteiger partial charge in [-0.2, -0.15) is 0 Å². The van der Waals surface area contributed by atoms with Gasteiger partial charge in [0, 0.05) is 4.90 Å². The molecule has 2 aromatic rings. The van der Waals surface area contributed by atoms with Gasteiger partial charge in [0.05, 0.1) is 17.7 Å². The average molecular weight is 337 g/mol. The molecule has 0 radical (unpaired) electrons. The number of anilines is 1. The van der Waals surface area contributed by atoms with Crippen molar-refractivity contribution in [3.63, 3.8) is 0 Å². The number of thioether (sulfide) groups is 1. The lowest BCUT2D eigenvalue weighted by Crippen LogP contribution is -2.15. The Morgan fingerprint density at radius 1 is 1.09 bits per heavy atom. The first-order valence-corrected chi connectivity index (χ1v) is 9.41. The van der Waals surface area contributed by atoms with Crippen LogP contribution in [-0.4, -0.2) is 21.8 Å². The van der Waals surface area contributed by atoms with Crippen LogP contribution in [0, 0.1) is 13.8 Å². The predicted molar refractivity (Wildman–Crippen MR) is 91.5 cm³/mol. The SMILES string of the molecule is COc1cc(C)c(S(=O)(=O)Nc2ccccc2SC)cc1C. The first-order valence-electron chi connectivity index (χ1n) is 6.70. The number of rotatable bonds is 5. The molecule has 2 aromatic carbocycles. The van der Waals surface area contributed by atoms with Gasteiger partial charge >= 0.3 is 0 Å². The fourth-order valence-corrected chi connectivity index (χ4v) is 4.21. The molecule has 118 valence electrons. The van der Waals surface area contributed by atoms with Crippen LogP contribution < -0.4 is 9.46 Å². The zero-order valence-corrected chi connectivity index (χ0v) is 14.6. The maximum atomic E-state index is 12.7. The molecule has 0 aliphatic rings. The van der Waals surface area contributed by atoms with Gasteiger partial charge in [-0.3, -0.25) is 4.72 Å². The minimum atomic E-state index is -3.64. The second kappa shape index (κ2) is 6.62. The molecule has 22 heavy (non-hydrogen) atoms. The molecule has 6 heteroatoms. The van der Waals surface area contributed by atoms with Crippen molar-refractivity contribution in [2.75, 3.05) is 18.1 Å². The lowest BCUT2D eigenvalue weighted by molar-refractivity contribution is 0.411. The van der Waals surface area contributed by atoms with Gasteiger partial charge in [0.1, 0.15) is 5.75 Å². The molecule has 0 unspecified atom stereocenters. The van der Waals surface area contributed by atoms with E-state index in [0.717, 1.165) is 10.5 Å². The second-order valence-corrected chi connectivity index (χ2v) is 7.39. The van der Waals surface area contributed by atoms with E-state index in [9.17, 15) is 8.42 Å². The summed E-state index contributed by atoms with van der Waals surface area (Å²) in [6, 6.07) is 10.7. The maximum Gasteiger partial charge on any atom is 0.262 e. The Bertz CT molecular complexity index is 786. The standard InChI is InChI=1S/C16H19NO3S2/c1-11-10-16(12(2)9-14(11)20-3)22(18,19)17-13-7-5-6-8-15(13)21-4/h5-10,17H,1-4H3. The van der Waals surface area contributed by atoms with E-state index in [0.29, 0.717) is 17.0 Å². The van der Waals surface area contributed by atoms with Crippen LogP contribution in [0.15, 0.2) is 46.2 Å². The summed E-state index contributed by atoms with van der Waals surface area (Å²) in [5.74, 6) is 0.681. The lowest BCUT2D eigenvalue weighted by atomic mass is 10.1. The summed E-state index contributed by atoms with van der Waals surface area (Å²) in [6.07, 6.45) is 1.91. The zero-order valence-electron chi connectivity index (χ0n) is 13.0. The number of benzene rings is 2. The number of ether oxygens (including phenoxy) is 1. The fourth-order valence-electron chi connectivity index (χ4n) is 2.20. The van der Waals surface area contributed by atoms with Gasteiger partial charge in [-0.1, -0.05) is 12.1 Å². The molecule has 0 aliphatic carbocycles. The monoisotopic (exact) mass is 337 g/mol. The minimum absolute atomic E-state index is 0.265. The summed E-state index contributed by atoms with van der Waals surface area (Å²) < 4.78 is 33.3. The number of para-hydroxylation sites is 1. The van der Waals surface area contributed by atoms with Gasteiger partial charge in [0.2, 0.25) is 0 Å². The Morgan fingerprint density at radius 3 is 2.41 bits per heavy atom. The summed E-state index contributed by atoms with van der Waals surface area (Å²) >= 11 is 1.50. The number of sulfonamides is 1. The molecule has 1 N–H and O–H groups in total. The van der Waals surface area contributed by atoms with Crippen LogP contribution in [0.5, 0.6) is 5.75 Å². The number of aryl methyl sites for hydroxylation is 2. The van der Waals surface area contributed by atoms with Crippen molar-refractivity contribution in [1.29, 1.82) is 0 Å². The van der Waals surface area contributed by atoms with E-state index in [2.05, 4.69) is 4.72 Å². The van der Waals surface area contributed by atoms with E-state index in [1.165, 1.54) is 11.8 Å². The summed E-state index contributed by atoms with van der Waals surface area (Å²) in [6.45, 7) is 3.59. The molecule has 0 bridgehead atoms. The van der Waals surface area contributed by atoms with E-state index in [-0.39, 0.29) is 4.90 Å². The van der Waals surface area contributed by atoms with Crippen molar-refractivity contribution >= 4 is 27.5 Å². The molecule has 0 atom stereocenters. The Hall–Kier alpha value is -1.66. The molecule has 0 aliphatic heterocycles. The molecular formula is C16H19NO3S2. The topological polar surface area (TPSA) is 55.4 Å². The quantitative estimate of drug-likeness (QED) is 0.842. The smallest absolute Gasteiger partial charge is 0.262 e. The molecule has 2 rings (SSSR count). The molecule has 4 nitrogen and oxygen atoms in total. The second-order valence-electron chi connectivity index (χ2n) is 4.89. The first-order chi connectivity index (χ1) is 10.4. The first kappa shape index (κ1) is 16.7. The maximum absolute atomic E-state index is 12.7. The molecule has 0 saturated carbocycles. The van der Waals surface area contributed by atoms with E-state index < -0.39 is 10.0 Å². The van der Waals surface area contributed by atoms with Crippen molar-refractivity contribution in [3.8, 4) is 5.75 Å². The number of hydrogen-bond acceptors (Lipinski definition) is 4. The van der Waals surface area contributed by atoms with E-state index in [1.54, 1.807) is 32.2 Å². The van der Waals surface area contributed by atoms with Crippen molar-refractivity contribution < 1.29 is 13.2 Å². The Morgan fingerprint density at radius 2 is 1.77 bits per heavy atom. The van der Waals surface area contributed by atoms with E-state index in [1.807, 2.05) is 31.4 Å². The lowest BCUT2D eigenvalue weighted by Gasteiger charge is -2.15. The average Bonchev–Trinajstić information content (AvgIpc) is 2.49. The van der Waals surface area contributed by atoms with Crippen LogP contribution in [0.2, 0.25) is 0 Å². The van der Waals surface area contributed by atoms with Gasteiger partial charge in [-0.15, -0.1) is 11.8 Å². The highest BCUT2D eigenvalue weighted by Gasteiger charge is 2.20. The van der Waals surface area contributed by atoms with Crippen molar-refractivity contribution in [2.45, 2.75) is 23.6 Å². The van der Waals surface area contributed by atoms with Crippen molar-refractivity contribution in [3.05, 3.63) is 47.5 Å². The highest BCUT2D eigenvalue weighted by atomic mass is 32.2. The van der Waals surface area contributed by atoms with Crippen LogP contribution in [0.3, 0.4) is 0 Å². The highest BCUT2D eigenvalue weighted by molar-refractivity contribution is 7.99. The number of methoxy groups -OCH3 is 1. The van der Waals surface area contributed by atoms with Crippen LogP contribution in [0.1, 0.15) is 11.1 Å². The van der Waals surface area contributed by atoms with Gasteiger partial charge in [-0.05, 0) is 55.5 Å². The summed E-state index contributed by atoms with van der Waals surface area (Å²) in [7, 11) is -2.07. The molecule has 0 spiro atoms. The van der Waals surface area contributed by atoms with Gasteiger partial charge in [0.15, 0.2) is 0 Å². The van der Waals surface area contributed by atoms with E-state index in [4.69, 9.17) is 4.74 Å². The highest BCUT2D eigenvalue weighted by Crippen LogP contribution is 2.30. The van der Waals surface area contributed by atoms with Gasteiger partial charge in [0.25, 0.3) is 10.0 Å². The predicted octanol–water partition coefficient (Wildman–Crippen LogP) is 3.83. The summed E-state index contributed by atoms with van der Waals surface area (Å²) in [4.78, 5) is 1.15. The normalized spacial score (nSPS) is 11.3. The number of nitrogens with one attached hydrogen (secondary N) is 1. The number of hydrogen-bond donors (Lipinski definition) is 1. The molecule has 0 amide bonds. The molecule has 0 heterocycles. The van der Waals surface area contributed by atoms with Crippen LogP contribution in [0.25, 0.3) is 0 Å². The van der Waals surface area contributed by atoms with Crippen LogP contribution >= 0.6 is 11.8 Å². The molecule has 0 saturated heterocycles. The van der Waals surface area contributed by atoms with Gasteiger partial charge in [-0.25, -0.2) is 8.42 Å². The van der Waals surface area contributed by atoms with E-state index >= 15 is 0 Å². The fraction of sp³-hybridized carbons (Fsp3) is 0.250. The summed E-state index contributed by atoms with van der Waals surface area (Å²) in [5, 5.41) is 0. The Labute approximate surface area is 135 Å². The van der Waals surface area contributed by atoms with Gasteiger partial charge < -0.3 is 4.74 Å². The van der Waals surface area contributed by atoms with Crippen molar-refractivity contribution in [2.24, 2.45) is 0 Å². The zero-order chi connectivity index (χ0) is 16.3. The molecule has 0 fully saturated rings. The molecule has 0 aromatic heterocycles. The van der Waals surface area contributed by atoms with Crippen LogP contribution in [-0.2, 0) is 10.0 Å². The summed E-state index contributed by atoms with van der Waals surface area (Å²) in [5.41, 5.74) is 2.02. The third-order valence-corrected chi connectivity index (χ3v) is 5.64. The third-order valence-electron chi connectivity index (χ3n) is 3.33.